The molecule has 37 heavy (non-hydrogen) atoms. The first-order valence-corrected chi connectivity index (χ1v) is 12.0. The van der Waals surface area contributed by atoms with Gasteiger partial charge in [0.25, 0.3) is 5.91 Å². The third kappa shape index (κ3) is 5.93. The van der Waals surface area contributed by atoms with Crippen molar-refractivity contribution < 1.29 is 28.7 Å². The number of nitrogen functional groups attached to an aromatic ring is 1. The number of ether oxygens (including phenoxy) is 3. The van der Waals surface area contributed by atoms with E-state index >= 15 is 0 Å². The highest BCUT2D eigenvalue weighted by atomic mass is 32.1. The molecule has 11 nitrogen and oxygen atoms in total. The number of nitro benzene ring substituents is 1. The first-order valence-electron chi connectivity index (χ1n) is 11.1. The number of carbonyl (C=O) groups excluding carboxylic acids is 2. The highest BCUT2D eigenvalue weighted by molar-refractivity contribution is 7.17. The minimum Gasteiger partial charge on any atom is -0.482 e. The van der Waals surface area contributed by atoms with Crippen molar-refractivity contribution >= 4 is 45.0 Å². The monoisotopic (exact) mass is 522 g/mol. The fourth-order valence-corrected chi connectivity index (χ4v) is 4.49. The molecule has 0 saturated carbocycles. The molecule has 4 rings (SSSR count). The number of aromatic nitrogens is 1. The van der Waals surface area contributed by atoms with Crippen LogP contribution >= 0.6 is 11.3 Å². The summed E-state index contributed by atoms with van der Waals surface area (Å²) in [6.07, 6.45) is 0.442. The van der Waals surface area contributed by atoms with E-state index in [-0.39, 0.29) is 41.8 Å². The lowest BCUT2D eigenvalue weighted by Gasteiger charge is -2.10. The van der Waals surface area contributed by atoms with E-state index in [9.17, 15) is 19.7 Å². The van der Waals surface area contributed by atoms with Crippen molar-refractivity contribution in [3.05, 3.63) is 86.9 Å². The maximum absolute atomic E-state index is 12.7. The van der Waals surface area contributed by atoms with Crippen LogP contribution < -0.4 is 20.5 Å². The molecule has 0 aliphatic heterocycles. The molecule has 3 N–H and O–H groups in total. The minimum atomic E-state index is -0.875. The molecule has 0 unspecified atom stereocenters. The first kappa shape index (κ1) is 25.4. The predicted octanol–water partition coefficient (Wildman–Crippen LogP) is 4.83. The van der Waals surface area contributed by atoms with Gasteiger partial charge in [-0.1, -0.05) is 30.3 Å². The van der Waals surface area contributed by atoms with E-state index in [1.165, 1.54) is 35.7 Å². The van der Waals surface area contributed by atoms with E-state index in [0.29, 0.717) is 22.2 Å². The molecule has 0 aliphatic carbocycles. The van der Waals surface area contributed by atoms with Gasteiger partial charge in [-0.2, -0.15) is 0 Å². The number of thiophene rings is 1. The number of hydrogen-bond acceptors (Lipinski definition) is 10. The number of rotatable bonds is 9. The van der Waals surface area contributed by atoms with E-state index in [2.05, 4.69) is 10.3 Å². The van der Waals surface area contributed by atoms with Crippen LogP contribution in [0.1, 0.15) is 28.4 Å². The van der Waals surface area contributed by atoms with Gasteiger partial charge in [0.2, 0.25) is 0 Å². The first-order chi connectivity index (χ1) is 17.9. The Morgan fingerprint density at radius 1 is 1.16 bits per heavy atom. The summed E-state index contributed by atoms with van der Waals surface area (Å²) >= 11 is 1.24. The smallest absolute Gasteiger partial charge is 0.482 e. The van der Waals surface area contributed by atoms with Crippen LogP contribution in [0, 0.1) is 10.1 Å². The Hall–Kier alpha value is -4.71. The van der Waals surface area contributed by atoms with Crippen molar-refractivity contribution in [2.24, 2.45) is 0 Å². The molecule has 2 heterocycles. The normalized spacial score (nSPS) is 10.6. The van der Waals surface area contributed by atoms with Crippen LogP contribution in [0.4, 0.5) is 16.3 Å². The van der Waals surface area contributed by atoms with Crippen LogP contribution in [-0.4, -0.2) is 28.6 Å². The van der Waals surface area contributed by atoms with Crippen molar-refractivity contribution in [2.45, 2.75) is 20.1 Å². The number of amides is 1. The van der Waals surface area contributed by atoms with Crippen LogP contribution in [0.15, 0.2) is 60.1 Å². The fourth-order valence-electron chi connectivity index (χ4n) is 3.48. The zero-order valence-corrected chi connectivity index (χ0v) is 20.4. The molecule has 2 aromatic carbocycles. The number of anilines is 1. The van der Waals surface area contributed by atoms with Crippen molar-refractivity contribution in [3.8, 4) is 11.5 Å². The minimum absolute atomic E-state index is 0.0813. The average Bonchev–Trinajstić information content (AvgIpc) is 3.33. The summed E-state index contributed by atoms with van der Waals surface area (Å²) < 4.78 is 16.3. The molecule has 0 atom stereocenters. The second-order valence-corrected chi connectivity index (χ2v) is 8.53. The molecule has 1 amide bonds. The Kier molecular flexibility index (Phi) is 7.79. The van der Waals surface area contributed by atoms with E-state index in [1.54, 1.807) is 12.3 Å². The number of fused-ring (bicyclic) bond motifs is 1. The Morgan fingerprint density at radius 3 is 2.68 bits per heavy atom. The number of nitrogens with two attached hydrogens (primary N) is 1. The molecule has 4 aromatic rings. The summed E-state index contributed by atoms with van der Waals surface area (Å²) in [7, 11) is 0. The van der Waals surface area contributed by atoms with Crippen LogP contribution in [0.3, 0.4) is 0 Å². The maximum atomic E-state index is 12.7. The lowest BCUT2D eigenvalue weighted by Crippen LogP contribution is -2.22. The Morgan fingerprint density at radius 2 is 1.95 bits per heavy atom. The molecule has 0 saturated heterocycles. The van der Waals surface area contributed by atoms with Gasteiger partial charge in [-0.25, -0.2) is 9.78 Å². The number of nitrogens with zero attached hydrogens (tertiary/aromatic N) is 2. The number of benzene rings is 2. The Bertz CT molecular complexity index is 1460. The SMILES string of the molecule is CCOC(=O)Oc1cnc(N)c2c(COc3cc(C(=O)NCc4ccccc4)ccc3[N+](=O)[O-])csc12. The van der Waals surface area contributed by atoms with Gasteiger partial charge < -0.3 is 25.3 Å². The zero-order chi connectivity index (χ0) is 26.4. The van der Waals surface area contributed by atoms with Gasteiger partial charge in [0.1, 0.15) is 12.4 Å². The predicted molar refractivity (Wildman–Crippen MR) is 137 cm³/mol. The van der Waals surface area contributed by atoms with Gasteiger partial charge in [-0.3, -0.25) is 14.9 Å². The molecule has 0 spiro atoms. The summed E-state index contributed by atoms with van der Waals surface area (Å²) in [6.45, 7) is 2.00. The fraction of sp³-hybridized carbons (Fsp3) is 0.160. The number of hydrogen-bond donors (Lipinski definition) is 2. The molecule has 0 radical (unpaired) electrons. The Labute approximate surface area is 214 Å². The van der Waals surface area contributed by atoms with Gasteiger partial charge in [0.15, 0.2) is 11.5 Å². The second kappa shape index (κ2) is 11.4. The highest BCUT2D eigenvalue weighted by Crippen LogP contribution is 2.38. The zero-order valence-electron chi connectivity index (χ0n) is 19.6. The van der Waals surface area contributed by atoms with Gasteiger partial charge in [-0.15, -0.1) is 11.3 Å². The third-order valence-electron chi connectivity index (χ3n) is 5.22. The van der Waals surface area contributed by atoms with Crippen LogP contribution in [0.25, 0.3) is 10.1 Å². The second-order valence-electron chi connectivity index (χ2n) is 7.65. The molecular weight excluding hydrogens is 500 g/mol. The summed E-state index contributed by atoms with van der Waals surface area (Å²) in [4.78, 5) is 39.5. The van der Waals surface area contributed by atoms with E-state index in [0.717, 1.165) is 5.56 Å². The van der Waals surface area contributed by atoms with Gasteiger partial charge >= 0.3 is 11.8 Å². The largest absolute Gasteiger partial charge is 0.513 e. The van der Waals surface area contributed by atoms with Gasteiger partial charge in [0.05, 0.1) is 22.4 Å². The van der Waals surface area contributed by atoms with Crippen molar-refractivity contribution in [1.29, 1.82) is 0 Å². The van der Waals surface area contributed by atoms with Crippen LogP contribution in [0.5, 0.6) is 11.5 Å². The molecule has 2 aromatic heterocycles. The number of pyridine rings is 1. The summed E-state index contributed by atoms with van der Waals surface area (Å²) in [5, 5.41) is 16.6. The average molecular weight is 523 g/mol. The van der Waals surface area contributed by atoms with Crippen molar-refractivity contribution in [3.63, 3.8) is 0 Å². The summed E-state index contributed by atoms with van der Waals surface area (Å²) in [5.41, 5.74) is 7.46. The topological polar surface area (TPSA) is 156 Å². The quantitative estimate of drug-likeness (QED) is 0.178. The maximum Gasteiger partial charge on any atom is 0.513 e. The molecular formula is C25H22N4O7S. The van der Waals surface area contributed by atoms with Crippen molar-refractivity contribution in [2.75, 3.05) is 12.3 Å². The van der Waals surface area contributed by atoms with E-state index in [1.807, 2.05) is 30.3 Å². The number of nitrogens with one attached hydrogen (secondary N) is 1. The molecule has 0 bridgehead atoms. The summed E-state index contributed by atoms with van der Waals surface area (Å²) in [6, 6.07) is 13.3. The third-order valence-corrected chi connectivity index (χ3v) is 6.26. The van der Waals surface area contributed by atoms with Gasteiger partial charge in [-0.05, 0) is 23.9 Å². The highest BCUT2D eigenvalue weighted by Gasteiger charge is 2.21. The molecule has 190 valence electrons. The Balaban J connectivity index is 1.55. The molecule has 12 heteroatoms. The number of carbonyl (C=O) groups is 2. The lowest BCUT2D eigenvalue weighted by molar-refractivity contribution is -0.385. The molecule has 0 aliphatic rings. The number of nitro groups is 1. The summed E-state index contributed by atoms with van der Waals surface area (Å²) in [5.74, 6) is -0.141. The lowest BCUT2D eigenvalue weighted by atomic mass is 10.1. The van der Waals surface area contributed by atoms with E-state index in [4.69, 9.17) is 19.9 Å². The van der Waals surface area contributed by atoms with Gasteiger partial charge in [0, 0.05) is 35.2 Å². The van der Waals surface area contributed by atoms with Crippen molar-refractivity contribution in [1.82, 2.24) is 10.3 Å². The standard InChI is InChI=1S/C25H22N4O7S/c1-2-34-25(31)36-20-12-27-23(26)21-17(14-37-22(20)21)13-35-19-10-16(8-9-18(19)29(32)33)24(30)28-11-15-6-4-3-5-7-15/h3-10,12,14H,2,11,13H2,1H3,(H2,26,27)(H,28,30). The molecule has 0 fully saturated rings. The van der Waals surface area contributed by atoms with E-state index < -0.39 is 17.0 Å². The van der Waals surface area contributed by atoms with Crippen LogP contribution in [0.2, 0.25) is 0 Å². The van der Waals surface area contributed by atoms with Crippen LogP contribution in [-0.2, 0) is 17.9 Å².